The van der Waals surface area contributed by atoms with E-state index in [1.807, 2.05) is 0 Å². The molecule has 1 heterocycles. The van der Waals surface area contributed by atoms with Crippen molar-refractivity contribution in [1.29, 1.82) is 0 Å². The Bertz CT molecular complexity index is 549. The molecule has 1 aliphatic rings. The smallest absolute Gasteiger partial charge is 0.270 e. The predicted molar refractivity (Wildman–Crippen MR) is 71.3 cm³/mol. The van der Waals surface area contributed by atoms with Crippen molar-refractivity contribution in [2.24, 2.45) is 5.10 Å². The van der Waals surface area contributed by atoms with E-state index in [1.54, 1.807) is 0 Å². The fraction of sp³-hybridized carbons (Fsp3) is 0.111. The van der Waals surface area contributed by atoms with Crippen LogP contribution in [0.3, 0.4) is 0 Å². The first-order chi connectivity index (χ1) is 9.06. The zero-order valence-corrected chi connectivity index (χ0v) is 10.3. The van der Waals surface area contributed by atoms with Crippen LogP contribution in [0.1, 0.15) is 5.56 Å². The maximum atomic E-state index is 10.6. The van der Waals surface area contributed by atoms with Gasteiger partial charge in [0.1, 0.15) is 5.75 Å². The number of hydrazine groups is 1. The van der Waals surface area contributed by atoms with E-state index in [9.17, 15) is 15.2 Å². The number of nitro groups is 1. The largest absolute Gasteiger partial charge is 0.507 e. The second-order valence-corrected chi connectivity index (χ2v) is 3.97. The lowest BCUT2D eigenvalue weighted by molar-refractivity contribution is -0.384. The van der Waals surface area contributed by atoms with Crippen molar-refractivity contribution in [3.63, 3.8) is 0 Å². The average molecular weight is 282 g/mol. The van der Waals surface area contributed by atoms with Crippen LogP contribution in [-0.2, 0) is 0 Å². The average Bonchev–Trinajstić information content (AvgIpc) is 2.77. The van der Waals surface area contributed by atoms with E-state index in [1.165, 1.54) is 24.4 Å². The van der Waals surface area contributed by atoms with Crippen molar-refractivity contribution in [2.75, 3.05) is 0 Å². The van der Waals surface area contributed by atoms with Crippen LogP contribution in [0.2, 0.25) is 0 Å². The van der Waals surface area contributed by atoms with Gasteiger partial charge in [-0.2, -0.15) is 10.5 Å². The summed E-state index contributed by atoms with van der Waals surface area (Å²) in [5.41, 5.74) is 8.15. The molecule has 1 saturated heterocycles. The molecule has 1 aromatic carbocycles. The maximum Gasteiger partial charge on any atom is 0.270 e. The van der Waals surface area contributed by atoms with Gasteiger partial charge >= 0.3 is 0 Å². The van der Waals surface area contributed by atoms with Crippen molar-refractivity contribution in [1.82, 2.24) is 21.6 Å². The molecule has 9 nitrogen and oxygen atoms in total. The highest BCUT2D eigenvalue weighted by atomic mass is 32.1. The number of phenols is 1. The molecule has 0 amide bonds. The van der Waals surface area contributed by atoms with E-state index in [0.717, 1.165) is 0 Å². The number of nitro benzene ring substituents is 1. The monoisotopic (exact) mass is 282 g/mol. The quantitative estimate of drug-likeness (QED) is 0.216. The van der Waals surface area contributed by atoms with Gasteiger partial charge < -0.3 is 10.4 Å². The minimum atomic E-state index is -0.549. The molecular formula is C9H10N6O3S. The summed E-state index contributed by atoms with van der Waals surface area (Å²) in [7, 11) is 0. The number of hydrogen-bond donors (Lipinski definition) is 5. The van der Waals surface area contributed by atoms with E-state index >= 15 is 0 Å². The number of aromatic hydroxyl groups is 1. The minimum Gasteiger partial charge on any atom is -0.507 e. The number of non-ortho nitro benzene ring substituents is 1. The van der Waals surface area contributed by atoms with Crippen LogP contribution < -0.4 is 21.6 Å². The molecule has 0 aromatic heterocycles. The van der Waals surface area contributed by atoms with Gasteiger partial charge in [0.25, 0.3) is 5.69 Å². The van der Waals surface area contributed by atoms with Crippen LogP contribution in [0.25, 0.3) is 0 Å². The third-order valence-electron chi connectivity index (χ3n) is 2.23. The Hall–Kier alpha value is -2.46. The van der Waals surface area contributed by atoms with Crippen molar-refractivity contribution < 1.29 is 10.0 Å². The highest BCUT2D eigenvalue weighted by Gasteiger charge is 2.14. The molecule has 0 spiro atoms. The Morgan fingerprint density at radius 2 is 2.37 bits per heavy atom. The molecule has 5 N–H and O–H groups in total. The highest BCUT2D eigenvalue weighted by Crippen LogP contribution is 2.21. The van der Waals surface area contributed by atoms with Crippen LogP contribution >= 0.6 is 12.2 Å². The molecule has 19 heavy (non-hydrogen) atoms. The van der Waals surface area contributed by atoms with Crippen LogP contribution in [0.4, 0.5) is 5.69 Å². The van der Waals surface area contributed by atoms with Crippen LogP contribution in [0.5, 0.6) is 5.75 Å². The first kappa shape index (κ1) is 13.0. The molecular weight excluding hydrogens is 272 g/mol. The van der Waals surface area contributed by atoms with E-state index in [0.29, 0.717) is 5.11 Å². The Kier molecular flexibility index (Phi) is 3.73. The van der Waals surface area contributed by atoms with Gasteiger partial charge in [0.2, 0.25) is 0 Å². The summed E-state index contributed by atoms with van der Waals surface area (Å²) >= 11 is 4.81. The number of nitrogens with zero attached hydrogens (tertiary/aromatic N) is 2. The standard InChI is InChI=1S/C9H10N6O3S/c16-7-2-1-6(15(17)18)3-5(7)4-10-12-8-11-9(19)14-13-8/h1-4,8,12-13,16H,(H2,11,14,19)/b10-4+. The molecule has 2 rings (SSSR count). The molecule has 0 saturated carbocycles. The van der Waals surface area contributed by atoms with Gasteiger partial charge in [-0.15, -0.1) is 0 Å². The molecule has 1 aliphatic heterocycles. The lowest BCUT2D eigenvalue weighted by Gasteiger charge is -2.07. The number of nitrogens with one attached hydrogen (secondary N) is 4. The topological polar surface area (TPSA) is 124 Å². The molecule has 1 atom stereocenters. The molecule has 1 unspecified atom stereocenters. The molecule has 1 fully saturated rings. The first-order valence-corrected chi connectivity index (χ1v) is 5.55. The normalized spacial score (nSPS) is 18.1. The molecule has 0 aliphatic carbocycles. The van der Waals surface area contributed by atoms with Gasteiger partial charge in [0, 0.05) is 17.7 Å². The lowest BCUT2D eigenvalue weighted by atomic mass is 10.2. The first-order valence-electron chi connectivity index (χ1n) is 5.14. The van der Waals surface area contributed by atoms with Crippen LogP contribution in [-0.4, -0.2) is 27.6 Å². The van der Waals surface area contributed by atoms with Crippen LogP contribution in [0.15, 0.2) is 23.3 Å². The Balaban J connectivity index is 2.03. The Morgan fingerprint density at radius 1 is 1.58 bits per heavy atom. The number of thiocarbonyl (C=S) groups is 1. The second kappa shape index (κ2) is 5.46. The van der Waals surface area contributed by atoms with E-state index in [4.69, 9.17) is 12.2 Å². The summed E-state index contributed by atoms with van der Waals surface area (Å²) in [6.45, 7) is 0. The highest BCUT2D eigenvalue weighted by molar-refractivity contribution is 7.80. The fourth-order valence-corrected chi connectivity index (χ4v) is 1.52. The Labute approximate surface area is 112 Å². The summed E-state index contributed by atoms with van der Waals surface area (Å²) in [4.78, 5) is 10.1. The number of benzene rings is 1. The molecule has 100 valence electrons. The predicted octanol–water partition coefficient (Wildman–Crippen LogP) is -0.510. The van der Waals surface area contributed by atoms with Crippen molar-refractivity contribution in [3.05, 3.63) is 33.9 Å². The summed E-state index contributed by atoms with van der Waals surface area (Å²) in [5, 5.41) is 27.2. The number of phenolic OH excluding ortho intramolecular Hbond substituents is 1. The summed E-state index contributed by atoms with van der Waals surface area (Å²) < 4.78 is 0. The van der Waals surface area contributed by atoms with Crippen molar-refractivity contribution in [3.8, 4) is 5.75 Å². The number of hydrazone groups is 1. The third kappa shape index (κ3) is 3.26. The third-order valence-corrected chi connectivity index (χ3v) is 2.45. The zero-order valence-electron chi connectivity index (χ0n) is 9.45. The Morgan fingerprint density at radius 3 is 3.00 bits per heavy atom. The van der Waals surface area contributed by atoms with Crippen LogP contribution in [0, 0.1) is 10.1 Å². The number of rotatable bonds is 4. The molecule has 0 bridgehead atoms. The zero-order chi connectivity index (χ0) is 13.8. The molecule has 1 aromatic rings. The fourth-order valence-electron chi connectivity index (χ4n) is 1.35. The summed E-state index contributed by atoms with van der Waals surface area (Å²) in [5.74, 6) is -0.0999. The maximum absolute atomic E-state index is 10.6. The van der Waals surface area contributed by atoms with E-state index in [-0.39, 0.29) is 17.0 Å². The van der Waals surface area contributed by atoms with Gasteiger partial charge in [0.05, 0.1) is 11.1 Å². The molecule has 0 radical (unpaired) electrons. The van der Waals surface area contributed by atoms with Gasteiger partial charge in [-0.05, 0) is 18.3 Å². The number of hydrogen-bond acceptors (Lipinski definition) is 7. The SMILES string of the molecule is O=[N+]([O-])c1ccc(O)c(/C=N/NC2NNC(=S)N2)c1. The van der Waals surface area contributed by atoms with Crippen molar-refractivity contribution >= 4 is 29.2 Å². The van der Waals surface area contributed by atoms with E-state index in [2.05, 4.69) is 26.7 Å². The van der Waals surface area contributed by atoms with E-state index < -0.39 is 11.2 Å². The van der Waals surface area contributed by atoms with Gasteiger partial charge in [-0.3, -0.25) is 21.0 Å². The summed E-state index contributed by atoms with van der Waals surface area (Å²) in [6.07, 6.45) is 0.872. The van der Waals surface area contributed by atoms with Gasteiger partial charge in [0.15, 0.2) is 11.4 Å². The second-order valence-electron chi connectivity index (χ2n) is 3.56. The lowest BCUT2D eigenvalue weighted by Crippen LogP contribution is -2.44. The minimum absolute atomic E-state index is 0.0999. The van der Waals surface area contributed by atoms with Gasteiger partial charge in [-0.25, -0.2) is 0 Å². The summed E-state index contributed by atoms with van der Waals surface area (Å²) in [6, 6.07) is 3.67. The molecule has 10 heteroatoms. The van der Waals surface area contributed by atoms with Crippen molar-refractivity contribution in [2.45, 2.75) is 6.29 Å². The van der Waals surface area contributed by atoms with Gasteiger partial charge in [-0.1, -0.05) is 0 Å².